The Morgan fingerprint density at radius 1 is 0.939 bits per heavy atom. The third-order valence-electron chi connectivity index (χ3n) is 6.45. The van der Waals surface area contributed by atoms with Crippen LogP contribution in [0.2, 0.25) is 0 Å². The van der Waals surface area contributed by atoms with E-state index in [2.05, 4.69) is 32.7 Å². The molecule has 1 unspecified atom stereocenters. The summed E-state index contributed by atoms with van der Waals surface area (Å²) in [5.74, 6) is 0.213. The molecule has 0 aromatic carbocycles. The lowest BCUT2D eigenvalue weighted by atomic mass is 9.73. The van der Waals surface area contributed by atoms with Crippen LogP contribution in [-0.4, -0.2) is 28.0 Å². The highest BCUT2D eigenvalue weighted by molar-refractivity contribution is 5.78. The number of esters is 1. The molecular formula is C26H44N2O5. The largest absolute Gasteiger partial charge is 0.465 e. The van der Waals surface area contributed by atoms with E-state index in [-0.39, 0.29) is 18.3 Å². The minimum atomic E-state index is -0.674. The fourth-order valence-electron chi connectivity index (χ4n) is 4.12. The average Bonchev–Trinajstić information content (AvgIpc) is 2.73. The third-order valence-corrected chi connectivity index (χ3v) is 6.45. The van der Waals surface area contributed by atoms with Gasteiger partial charge in [0.25, 0.3) is 5.56 Å². The van der Waals surface area contributed by atoms with Crippen LogP contribution in [0.25, 0.3) is 0 Å². The number of ether oxygens (including phenoxy) is 1. The number of nitrogens with one attached hydrogen (secondary N) is 1. The van der Waals surface area contributed by atoms with Crippen LogP contribution in [0, 0.1) is 17.3 Å². The molecule has 1 aromatic rings. The molecule has 1 atom stereocenters. The predicted octanol–water partition coefficient (Wildman–Crippen LogP) is 5.33. The zero-order valence-electron chi connectivity index (χ0n) is 21.3. The van der Waals surface area contributed by atoms with Crippen molar-refractivity contribution in [3.05, 3.63) is 33.1 Å². The van der Waals surface area contributed by atoms with Gasteiger partial charge in [-0.15, -0.1) is 0 Å². The van der Waals surface area contributed by atoms with Gasteiger partial charge in [-0.25, -0.2) is 4.79 Å². The summed E-state index contributed by atoms with van der Waals surface area (Å²) in [6.45, 7) is 11.0. The van der Waals surface area contributed by atoms with Crippen LogP contribution in [0.3, 0.4) is 0 Å². The Balaban J connectivity index is 2.07. The van der Waals surface area contributed by atoms with Crippen LogP contribution in [0.15, 0.2) is 21.9 Å². The molecular weight excluding hydrogens is 420 g/mol. The summed E-state index contributed by atoms with van der Waals surface area (Å²) in [6.07, 6.45) is 11.4. The maximum absolute atomic E-state index is 12.6. The Hall–Kier alpha value is -2.18. The molecule has 1 N–H and O–H groups in total. The van der Waals surface area contributed by atoms with Gasteiger partial charge in [-0.3, -0.25) is 14.4 Å². The number of hydrogen-bond acceptors (Lipinski definition) is 5. The van der Waals surface area contributed by atoms with Crippen molar-refractivity contribution in [2.75, 3.05) is 6.61 Å². The van der Waals surface area contributed by atoms with Crippen molar-refractivity contribution in [1.82, 2.24) is 9.55 Å². The van der Waals surface area contributed by atoms with Crippen LogP contribution in [0.4, 0.5) is 0 Å². The minimum absolute atomic E-state index is 0.0635. The molecule has 0 fully saturated rings. The first-order valence-electron chi connectivity index (χ1n) is 12.6. The van der Waals surface area contributed by atoms with Crippen LogP contribution < -0.4 is 11.2 Å². The minimum Gasteiger partial charge on any atom is -0.465 e. The van der Waals surface area contributed by atoms with E-state index in [1.807, 2.05) is 6.92 Å². The van der Waals surface area contributed by atoms with E-state index in [0.29, 0.717) is 23.5 Å². The number of nitrogens with zero attached hydrogens (tertiary/aromatic N) is 1. The molecule has 1 rings (SSSR count). The number of carbonyl (C=O) groups is 2. The molecule has 0 aliphatic rings. The number of aromatic nitrogens is 2. The van der Waals surface area contributed by atoms with Crippen LogP contribution in [-0.2, 0) is 9.53 Å². The van der Waals surface area contributed by atoms with Crippen LogP contribution >= 0.6 is 0 Å². The molecule has 0 amide bonds. The highest BCUT2D eigenvalue weighted by Crippen LogP contribution is 2.35. The molecule has 0 saturated carbocycles. The number of rotatable bonds is 16. The Labute approximate surface area is 198 Å². The van der Waals surface area contributed by atoms with Crippen molar-refractivity contribution < 1.29 is 14.3 Å². The van der Waals surface area contributed by atoms with Gasteiger partial charge in [-0.2, -0.15) is 4.57 Å². The Morgan fingerprint density at radius 2 is 1.48 bits per heavy atom. The molecule has 188 valence electrons. The topological polar surface area (TPSA) is 98.2 Å². The van der Waals surface area contributed by atoms with E-state index >= 15 is 0 Å². The number of H-pyrrole nitrogens is 1. The van der Waals surface area contributed by atoms with E-state index < -0.39 is 22.6 Å². The van der Waals surface area contributed by atoms with Crippen molar-refractivity contribution in [3.8, 4) is 0 Å². The molecule has 7 nitrogen and oxygen atoms in total. The molecule has 1 heterocycles. The van der Waals surface area contributed by atoms with Gasteiger partial charge in [0.2, 0.25) is 5.91 Å². The lowest BCUT2D eigenvalue weighted by molar-refractivity contribution is -0.159. The second-order valence-electron chi connectivity index (χ2n) is 10.1. The SMILES string of the molecule is CC(C)CC(C)(C(=O)OCCCCCCCCCCCC(=O)n1c(=O)cc[nH]c1=O)C(C)C. The number of aromatic amines is 1. The van der Waals surface area contributed by atoms with E-state index in [9.17, 15) is 19.2 Å². The fraction of sp³-hybridized carbons (Fsp3) is 0.769. The number of carbonyl (C=O) groups excluding carboxylic acids is 2. The monoisotopic (exact) mass is 464 g/mol. The van der Waals surface area contributed by atoms with Crippen molar-refractivity contribution in [2.24, 2.45) is 17.3 Å². The quantitative estimate of drug-likeness (QED) is 0.263. The zero-order valence-corrected chi connectivity index (χ0v) is 21.3. The van der Waals surface area contributed by atoms with Gasteiger partial charge < -0.3 is 9.72 Å². The van der Waals surface area contributed by atoms with Crippen molar-refractivity contribution in [3.63, 3.8) is 0 Å². The third kappa shape index (κ3) is 10.1. The molecule has 1 aromatic heterocycles. The average molecular weight is 465 g/mol. The highest BCUT2D eigenvalue weighted by atomic mass is 16.5. The summed E-state index contributed by atoms with van der Waals surface area (Å²) in [5.41, 5.74) is -1.67. The Bertz CT molecular complexity index is 811. The van der Waals surface area contributed by atoms with E-state index in [4.69, 9.17) is 4.74 Å². The summed E-state index contributed by atoms with van der Waals surface area (Å²) in [7, 11) is 0. The summed E-state index contributed by atoms with van der Waals surface area (Å²) >= 11 is 0. The normalized spacial score (nSPS) is 13.3. The highest BCUT2D eigenvalue weighted by Gasteiger charge is 2.38. The maximum Gasteiger partial charge on any atom is 0.335 e. The van der Waals surface area contributed by atoms with Crippen molar-refractivity contribution >= 4 is 11.9 Å². The van der Waals surface area contributed by atoms with Gasteiger partial charge in [0.05, 0.1) is 12.0 Å². The summed E-state index contributed by atoms with van der Waals surface area (Å²) in [6, 6.07) is 1.18. The summed E-state index contributed by atoms with van der Waals surface area (Å²) in [5, 5.41) is 0. The van der Waals surface area contributed by atoms with Crippen molar-refractivity contribution in [1.29, 1.82) is 0 Å². The first-order valence-corrected chi connectivity index (χ1v) is 12.6. The van der Waals surface area contributed by atoms with E-state index in [0.717, 1.165) is 57.8 Å². The number of unbranched alkanes of at least 4 members (excludes halogenated alkanes) is 8. The van der Waals surface area contributed by atoms with E-state index in [1.165, 1.54) is 12.3 Å². The lowest BCUT2D eigenvalue weighted by Gasteiger charge is -2.32. The number of hydrogen-bond donors (Lipinski definition) is 1. The molecule has 0 saturated heterocycles. The Kier molecular flexibility index (Phi) is 13.0. The Morgan fingerprint density at radius 3 is 2.00 bits per heavy atom. The van der Waals surface area contributed by atoms with Gasteiger partial charge >= 0.3 is 11.7 Å². The zero-order chi connectivity index (χ0) is 24.9. The van der Waals surface area contributed by atoms with Gasteiger partial charge in [0.15, 0.2) is 0 Å². The smallest absolute Gasteiger partial charge is 0.335 e. The van der Waals surface area contributed by atoms with Crippen LogP contribution in [0.1, 0.15) is 110 Å². The molecule has 0 spiro atoms. The van der Waals surface area contributed by atoms with Gasteiger partial charge in [0.1, 0.15) is 0 Å². The maximum atomic E-state index is 12.6. The van der Waals surface area contributed by atoms with Gasteiger partial charge in [-0.05, 0) is 38.0 Å². The summed E-state index contributed by atoms with van der Waals surface area (Å²) < 4.78 is 6.27. The standard InChI is InChI=1S/C26H44N2O5/c1-20(2)19-26(5,21(3)4)24(31)33-18-14-12-10-8-6-7-9-11-13-15-22(29)28-23(30)16-17-27-25(28)32/h16-17,20-21H,6-15,18-19H2,1-5H3,(H,27,32). The second-order valence-corrected chi connectivity index (χ2v) is 10.1. The molecule has 0 radical (unpaired) electrons. The van der Waals surface area contributed by atoms with Gasteiger partial charge in [-0.1, -0.05) is 72.6 Å². The summed E-state index contributed by atoms with van der Waals surface area (Å²) in [4.78, 5) is 50.2. The van der Waals surface area contributed by atoms with Crippen LogP contribution in [0.5, 0.6) is 0 Å². The molecule has 33 heavy (non-hydrogen) atoms. The van der Waals surface area contributed by atoms with Gasteiger partial charge in [0, 0.05) is 18.7 Å². The molecule has 7 heteroatoms. The molecule has 0 aliphatic carbocycles. The van der Waals surface area contributed by atoms with E-state index in [1.54, 1.807) is 0 Å². The first kappa shape index (κ1) is 28.9. The lowest BCUT2D eigenvalue weighted by Crippen LogP contribution is -2.38. The second kappa shape index (κ2) is 14.9. The van der Waals surface area contributed by atoms with Crippen molar-refractivity contribution in [2.45, 2.75) is 105 Å². The predicted molar refractivity (Wildman–Crippen MR) is 131 cm³/mol. The first-order chi connectivity index (χ1) is 15.6. The fourth-order valence-corrected chi connectivity index (χ4v) is 4.12. The molecule has 0 bridgehead atoms. The molecule has 0 aliphatic heterocycles.